The Morgan fingerprint density at radius 3 is 1.69 bits per heavy atom. The summed E-state index contributed by atoms with van der Waals surface area (Å²) in [6, 6.07) is 0. The first kappa shape index (κ1) is 18.0. The van der Waals surface area contributed by atoms with Gasteiger partial charge in [0, 0.05) is 12.6 Å². The molecule has 0 aromatic rings. The van der Waals surface area contributed by atoms with Crippen molar-refractivity contribution in [3.63, 3.8) is 0 Å². The highest BCUT2D eigenvalue weighted by Gasteiger charge is 1.73. The summed E-state index contributed by atoms with van der Waals surface area (Å²) in [5.41, 5.74) is 4.78. The Morgan fingerprint density at radius 1 is 1.54 bits per heavy atom. The first-order valence-corrected chi connectivity index (χ1v) is 3.69. The largest absolute Gasteiger partial charge is 0.478 e. The van der Waals surface area contributed by atoms with Gasteiger partial charge in [0.15, 0.2) is 0 Å². The van der Waals surface area contributed by atoms with E-state index < -0.39 is 5.97 Å². The smallest absolute Gasteiger partial charge is 0.327 e. The topological polar surface area (TPSA) is 86.8 Å². The first-order valence-electron chi connectivity index (χ1n) is 3.69. The van der Waals surface area contributed by atoms with E-state index >= 15 is 0 Å². The summed E-state index contributed by atoms with van der Waals surface area (Å²) in [7, 11) is 6.00. The summed E-state index contributed by atoms with van der Waals surface area (Å²) in [4.78, 5) is 11.2. The zero-order chi connectivity index (χ0) is 11.3. The molecule has 13 heavy (non-hydrogen) atoms. The van der Waals surface area contributed by atoms with E-state index in [1.807, 2.05) is 26.0 Å². The molecule has 5 heteroatoms. The highest BCUT2D eigenvalue weighted by Crippen LogP contribution is 1.54. The van der Waals surface area contributed by atoms with E-state index in [0.29, 0.717) is 6.54 Å². The molecule has 0 unspecified atom stereocenters. The predicted molar refractivity (Wildman–Crippen MR) is 53.6 cm³/mol. The third-order valence-electron chi connectivity index (χ3n) is 0.304. The van der Waals surface area contributed by atoms with E-state index in [2.05, 4.69) is 6.58 Å². The molecule has 80 valence electrons. The molecule has 0 aromatic heterocycles. The van der Waals surface area contributed by atoms with E-state index in [9.17, 15) is 4.79 Å². The molecule has 0 bridgehead atoms. The molecule has 0 aliphatic rings. The zero-order valence-electron chi connectivity index (χ0n) is 8.53. The molecule has 0 heterocycles. The Balaban J connectivity index is -0.000000117. The second kappa shape index (κ2) is 17.3. The summed E-state index contributed by atoms with van der Waals surface area (Å²) < 4.78 is 0. The molecule has 0 fully saturated rings. The van der Waals surface area contributed by atoms with Crippen LogP contribution in [0.3, 0.4) is 0 Å². The number of aliphatic carboxylic acids is 1. The first-order chi connectivity index (χ1) is 5.92. The van der Waals surface area contributed by atoms with Gasteiger partial charge in [0.25, 0.3) is 0 Å². The standard InChI is InChI=1S/C3H9N.C3H4O2.C2H7NO/c1-4(2)3;1-2-3(4)5;3-1-2-4/h1-3H3;2H,1H2,(H,4,5);4H,1-3H2. The molecule has 5 nitrogen and oxygen atoms in total. The number of nitrogens with two attached hydrogens (primary N) is 1. The Bertz CT molecular complexity index is 111. The van der Waals surface area contributed by atoms with Crippen molar-refractivity contribution in [3.05, 3.63) is 12.7 Å². The van der Waals surface area contributed by atoms with Crippen molar-refractivity contribution in [2.45, 2.75) is 0 Å². The normalized spacial score (nSPS) is 7.54. The Morgan fingerprint density at radius 2 is 1.69 bits per heavy atom. The number of aliphatic hydroxyl groups is 1. The lowest BCUT2D eigenvalue weighted by Gasteiger charge is -1.90. The summed E-state index contributed by atoms with van der Waals surface area (Å²) in [6.07, 6.45) is 0.833. The van der Waals surface area contributed by atoms with Gasteiger partial charge in [-0.1, -0.05) is 6.58 Å². The van der Waals surface area contributed by atoms with Crippen LogP contribution in [-0.2, 0) is 4.79 Å². The number of hydrogen-bond donors (Lipinski definition) is 3. The average molecular weight is 192 g/mol. The highest BCUT2D eigenvalue weighted by atomic mass is 16.4. The van der Waals surface area contributed by atoms with Crippen LogP contribution in [0.25, 0.3) is 0 Å². The van der Waals surface area contributed by atoms with Crippen LogP contribution in [0, 0.1) is 0 Å². The van der Waals surface area contributed by atoms with Crippen molar-refractivity contribution >= 4 is 5.97 Å². The summed E-state index contributed by atoms with van der Waals surface area (Å²) in [5, 5.41) is 15.4. The number of aliphatic hydroxyl groups excluding tert-OH is 1. The molecule has 0 rings (SSSR count). The molecular weight excluding hydrogens is 172 g/mol. The Kier molecular flexibility index (Phi) is 23.9. The lowest BCUT2D eigenvalue weighted by atomic mass is 10.7. The summed E-state index contributed by atoms with van der Waals surface area (Å²) >= 11 is 0. The fourth-order valence-electron chi connectivity index (χ4n) is 0. The average Bonchev–Trinajstić information content (AvgIpc) is 2.04. The molecule has 0 aromatic carbocycles. The third-order valence-corrected chi connectivity index (χ3v) is 0.304. The second-order valence-corrected chi connectivity index (χ2v) is 2.40. The van der Waals surface area contributed by atoms with E-state index in [4.69, 9.17) is 15.9 Å². The number of carbonyl (C=O) groups is 1. The van der Waals surface area contributed by atoms with Gasteiger partial charge < -0.3 is 20.8 Å². The molecule has 0 aliphatic carbocycles. The van der Waals surface area contributed by atoms with Crippen LogP contribution in [0.1, 0.15) is 0 Å². The molecule has 0 atom stereocenters. The Labute approximate surface area is 79.5 Å². The number of carboxylic acids is 1. The maximum absolute atomic E-state index is 9.25. The van der Waals surface area contributed by atoms with Crippen molar-refractivity contribution in [2.75, 3.05) is 34.3 Å². The van der Waals surface area contributed by atoms with Gasteiger partial charge in [0.05, 0.1) is 6.61 Å². The van der Waals surface area contributed by atoms with E-state index in [0.717, 1.165) is 6.08 Å². The van der Waals surface area contributed by atoms with Crippen LogP contribution in [-0.4, -0.2) is 55.4 Å². The fraction of sp³-hybridized carbons (Fsp3) is 0.625. The second-order valence-electron chi connectivity index (χ2n) is 2.40. The van der Waals surface area contributed by atoms with Crippen molar-refractivity contribution in [1.82, 2.24) is 4.90 Å². The van der Waals surface area contributed by atoms with Crippen molar-refractivity contribution < 1.29 is 15.0 Å². The monoisotopic (exact) mass is 192 g/mol. The lowest BCUT2D eigenvalue weighted by molar-refractivity contribution is -0.131. The molecule has 0 amide bonds. The van der Waals surface area contributed by atoms with Crippen LogP contribution in [0.2, 0.25) is 0 Å². The SMILES string of the molecule is C=CC(=O)O.CN(C)C.NCCO. The summed E-state index contributed by atoms with van der Waals surface area (Å²) in [5.74, 6) is -0.981. The number of carboxylic acid groups (broad SMARTS) is 1. The van der Waals surface area contributed by atoms with Crippen molar-refractivity contribution in [1.29, 1.82) is 0 Å². The maximum atomic E-state index is 9.25. The van der Waals surface area contributed by atoms with Gasteiger partial charge in [-0.15, -0.1) is 0 Å². The van der Waals surface area contributed by atoms with E-state index in [1.165, 1.54) is 0 Å². The highest BCUT2D eigenvalue weighted by molar-refractivity contribution is 5.78. The van der Waals surface area contributed by atoms with Gasteiger partial charge in [-0.25, -0.2) is 4.79 Å². The minimum Gasteiger partial charge on any atom is -0.478 e. The van der Waals surface area contributed by atoms with Crippen LogP contribution in [0.4, 0.5) is 0 Å². The van der Waals surface area contributed by atoms with Gasteiger partial charge in [-0.2, -0.15) is 0 Å². The van der Waals surface area contributed by atoms with Crippen molar-refractivity contribution in [3.8, 4) is 0 Å². The van der Waals surface area contributed by atoms with E-state index in [-0.39, 0.29) is 6.61 Å². The predicted octanol–water partition coefficient (Wildman–Crippen LogP) is -0.628. The molecule has 0 radical (unpaired) electrons. The number of hydrogen-bond acceptors (Lipinski definition) is 4. The number of nitrogens with zero attached hydrogens (tertiary/aromatic N) is 1. The molecular formula is C8H20N2O3. The molecule has 0 saturated carbocycles. The van der Waals surface area contributed by atoms with Crippen molar-refractivity contribution in [2.24, 2.45) is 5.73 Å². The fourth-order valence-corrected chi connectivity index (χ4v) is 0. The zero-order valence-corrected chi connectivity index (χ0v) is 8.53. The molecule has 0 spiro atoms. The number of rotatable bonds is 2. The minimum absolute atomic E-state index is 0.0972. The maximum Gasteiger partial charge on any atom is 0.327 e. The minimum atomic E-state index is -0.981. The summed E-state index contributed by atoms with van der Waals surface area (Å²) in [6.45, 7) is 3.43. The van der Waals surface area contributed by atoms with Gasteiger partial charge in [0.2, 0.25) is 0 Å². The Hall–Kier alpha value is -0.910. The van der Waals surface area contributed by atoms with Crippen LogP contribution in [0.15, 0.2) is 12.7 Å². The third kappa shape index (κ3) is 210. The van der Waals surface area contributed by atoms with Gasteiger partial charge in [0.1, 0.15) is 0 Å². The lowest BCUT2D eigenvalue weighted by Crippen LogP contribution is -2.02. The van der Waals surface area contributed by atoms with Gasteiger partial charge in [-0.3, -0.25) is 0 Å². The quantitative estimate of drug-likeness (QED) is 0.507. The molecule has 0 saturated heterocycles. The van der Waals surface area contributed by atoms with E-state index in [1.54, 1.807) is 0 Å². The van der Waals surface area contributed by atoms with Crippen LogP contribution >= 0.6 is 0 Å². The van der Waals surface area contributed by atoms with Crippen LogP contribution < -0.4 is 5.73 Å². The van der Waals surface area contributed by atoms with Gasteiger partial charge >= 0.3 is 5.97 Å². The van der Waals surface area contributed by atoms with Gasteiger partial charge in [-0.05, 0) is 21.1 Å². The van der Waals surface area contributed by atoms with Crippen LogP contribution in [0.5, 0.6) is 0 Å². The molecule has 4 N–H and O–H groups in total. The molecule has 0 aliphatic heterocycles.